The molecule has 0 heterocycles. The fraction of sp³-hybridized carbons (Fsp3) is 0.0667. The van der Waals surface area contributed by atoms with Gasteiger partial charge in [-0.2, -0.15) is 0 Å². The minimum Gasteiger partial charge on any atom is -0.455 e. The normalized spacial score (nSPS) is 9.80. The maximum atomic E-state index is 11.6. The number of ether oxygens (including phenoxy) is 1. The second-order valence-electron chi connectivity index (χ2n) is 4.16. The summed E-state index contributed by atoms with van der Waals surface area (Å²) < 4.78 is 5.72. The fourth-order valence-electron chi connectivity index (χ4n) is 1.64. The van der Waals surface area contributed by atoms with Crippen molar-refractivity contribution in [1.29, 1.82) is 5.41 Å². The Kier molecular flexibility index (Phi) is 4.34. The van der Waals surface area contributed by atoms with E-state index in [9.17, 15) is 4.79 Å². The van der Waals surface area contributed by atoms with E-state index >= 15 is 0 Å². The van der Waals surface area contributed by atoms with Crippen molar-refractivity contribution in [2.75, 3.05) is 5.32 Å². The van der Waals surface area contributed by atoms with E-state index in [4.69, 9.17) is 15.9 Å². The molecule has 0 aliphatic carbocycles. The molecule has 0 aliphatic rings. The lowest BCUT2D eigenvalue weighted by atomic mass is 10.2. The number of hydrogen-bond acceptors (Lipinski definition) is 3. The predicted molar refractivity (Wildman–Crippen MR) is 78.1 cm³/mol. The third-order valence-electron chi connectivity index (χ3n) is 2.48. The van der Waals surface area contributed by atoms with Crippen molar-refractivity contribution in [3.63, 3.8) is 0 Å². The number of hydrogen-bond donors (Lipinski definition) is 3. The largest absolute Gasteiger partial charge is 0.455 e. The van der Waals surface area contributed by atoms with Gasteiger partial charge in [0.2, 0.25) is 5.91 Å². The van der Waals surface area contributed by atoms with Crippen LogP contribution in [-0.4, -0.2) is 11.7 Å². The molecule has 5 nitrogen and oxygen atoms in total. The van der Waals surface area contributed by atoms with E-state index in [-0.39, 0.29) is 18.2 Å². The summed E-state index contributed by atoms with van der Waals surface area (Å²) in [5.41, 5.74) is 5.74. The molecule has 20 heavy (non-hydrogen) atoms. The van der Waals surface area contributed by atoms with Crippen LogP contribution in [0.25, 0.3) is 0 Å². The van der Waals surface area contributed by atoms with Crippen molar-refractivity contribution in [3.8, 4) is 11.5 Å². The number of nitrogens with one attached hydrogen (secondary N) is 2. The maximum absolute atomic E-state index is 11.6. The monoisotopic (exact) mass is 269 g/mol. The summed E-state index contributed by atoms with van der Waals surface area (Å²) in [6.07, 6.45) is -0.139. The number of rotatable bonds is 5. The highest BCUT2D eigenvalue weighted by atomic mass is 16.5. The lowest BCUT2D eigenvalue weighted by Gasteiger charge is -2.11. The van der Waals surface area contributed by atoms with Gasteiger partial charge in [0.15, 0.2) is 5.75 Å². The molecule has 4 N–H and O–H groups in total. The molecule has 1 amide bonds. The first-order chi connectivity index (χ1) is 9.65. The zero-order valence-electron chi connectivity index (χ0n) is 10.8. The van der Waals surface area contributed by atoms with Crippen LogP contribution in [0, 0.1) is 5.41 Å². The van der Waals surface area contributed by atoms with E-state index < -0.39 is 0 Å². The Labute approximate surface area is 116 Å². The van der Waals surface area contributed by atoms with Gasteiger partial charge in [-0.25, -0.2) is 0 Å². The highest BCUT2D eigenvalue weighted by Crippen LogP contribution is 2.29. The van der Waals surface area contributed by atoms with E-state index in [0.717, 1.165) is 0 Å². The molecule has 2 aromatic carbocycles. The van der Waals surface area contributed by atoms with Crippen LogP contribution in [0.5, 0.6) is 11.5 Å². The fourth-order valence-corrected chi connectivity index (χ4v) is 1.64. The van der Waals surface area contributed by atoms with Crippen molar-refractivity contribution < 1.29 is 9.53 Å². The van der Waals surface area contributed by atoms with Crippen molar-refractivity contribution in [2.24, 2.45) is 5.73 Å². The van der Waals surface area contributed by atoms with Crippen LogP contribution >= 0.6 is 0 Å². The van der Waals surface area contributed by atoms with Gasteiger partial charge in [0.05, 0.1) is 12.1 Å². The van der Waals surface area contributed by atoms with Gasteiger partial charge in [0.25, 0.3) is 0 Å². The Hall–Kier alpha value is -2.82. The number of amidine groups is 1. The zero-order chi connectivity index (χ0) is 14.4. The number of carbonyl (C=O) groups is 1. The van der Waals surface area contributed by atoms with Crippen LogP contribution < -0.4 is 15.8 Å². The molecule has 0 saturated heterocycles. The third kappa shape index (κ3) is 3.84. The molecule has 0 spiro atoms. The minimum atomic E-state index is -0.346. The van der Waals surface area contributed by atoms with Gasteiger partial charge >= 0.3 is 0 Å². The van der Waals surface area contributed by atoms with Gasteiger partial charge < -0.3 is 15.8 Å². The molecule has 0 aromatic heterocycles. The summed E-state index contributed by atoms with van der Waals surface area (Å²) in [5.74, 6) is 0.696. The first-order valence-electron chi connectivity index (χ1n) is 6.10. The van der Waals surface area contributed by atoms with E-state index in [1.807, 2.05) is 36.4 Å². The predicted octanol–water partition coefficient (Wildman–Crippen LogP) is 2.74. The summed E-state index contributed by atoms with van der Waals surface area (Å²) in [6.45, 7) is 0. The number of para-hydroxylation sites is 3. The SMILES string of the molecule is N=C(N)CC(=O)Nc1ccccc1Oc1ccccc1. The molecule has 0 aliphatic heterocycles. The Morgan fingerprint density at radius 2 is 1.75 bits per heavy atom. The molecule has 0 saturated carbocycles. The molecule has 0 radical (unpaired) electrons. The van der Waals surface area contributed by atoms with Crippen LogP contribution in [0.4, 0.5) is 5.69 Å². The highest BCUT2D eigenvalue weighted by molar-refractivity contribution is 6.04. The van der Waals surface area contributed by atoms with Crippen LogP contribution in [0.2, 0.25) is 0 Å². The number of nitrogens with two attached hydrogens (primary N) is 1. The Balaban J connectivity index is 2.14. The van der Waals surface area contributed by atoms with Gasteiger partial charge in [0.1, 0.15) is 11.6 Å². The van der Waals surface area contributed by atoms with Gasteiger partial charge in [0, 0.05) is 0 Å². The van der Waals surface area contributed by atoms with E-state index in [1.165, 1.54) is 0 Å². The number of carbonyl (C=O) groups excluding carboxylic acids is 1. The molecule has 0 atom stereocenters. The smallest absolute Gasteiger partial charge is 0.232 e. The second-order valence-corrected chi connectivity index (χ2v) is 4.16. The molecule has 5 heteroatoms. The zero-order valence-corrected chi connectivity index (χ0v) is 10.8. The van der Waals surface area contributed by atoms with Gasteiger partial charge in [-0.3, -0.25) is 10.2 Å². The molecule has 2 aromatic rings. The Morgan fingerprint density at radius 1 is 1.10 bits per heavy atom. The lowest BCUT2D eigenvalue weighted by molar-refractivity contribution is -0.115. The summed E-state index contributed by atoms with van der Waals surface area (Å²) in [7, 11) is 0. The second kappa shape index (κ2) is 6.38. The minimum absolute atomic E-state index is 0.139. The molecule has 0 unspecified atom stereocenters. The highest BCUT2D eigenvalue weighted by Gasteiger charge is 2.09. The first kappa shape index (κ1) is 13.6. The molecule has 0 fully saturated rings. The Morgan fingerprint density at radius 3 is 2.45 bits per heavy atom. The van der Waals surface area contributed by atoms with Crippen LogP contribution in [0.1, 0.15) is 6.42 Å². The van der Waals surface area contributed by atoms with E-state index in [1.54, 1.807) is 18.2 Å². The molecular weight excluding hydrogens is 254 g/mol. The third-order valence-corrected chi connectivity index (χ3v) is 2.48. The number of anilines is 1. The molecule has 2 rings (SSSR count). The summed E-state index contributed by atoms with van der Waals surface area (Å²) in [6, 6.07) is 16.4. The van der Waals surface area contributed by atoms with Gasteiger partial charge in [-0.1, -0.05) is 30.3 Å². The van der Waals surface area contributed by atoms with Crippen molar-refractivity contribution in [3.05, 3.63) is 54.6 Å². The standard InChI is InChI=1S/C15H15N3O2/c16-14(17)10-15(19)18-12-8-4-5-9-13(12)20-11-6-2-1-3-7-11/h1-9H,10H2,(H3,16,17)(H,18,19). The van der Waals surface area contributed by atoms with Crippen LogP contribution in [0.3, 0.4) is 0 Å². The van der Waals surface area contributed by atoms with Crippen molar-refractivity contribution in [2.45, 2.75) is 6.42 Å². The number of amides is 1. The van der Waals surface area contributed by atoms with Gasteiger partial charge in [-0.05, 0) is 24.3 Å². The van der Waals surface area contributed by atoms with Gasteiger partial charge in [-0.15, -0.1) is 0 Å². The summed E-state index contributed by atoms with van der Waals surface area (Å²) >= 11 is 0. The molecular formula is C15H15N3O2. The van der Waals surface area contributed by atoms with Crippen LogP contribution in [0.15, 0.2) is 54.6 Å². The molecule has 0 bridgehead atoms. The van der Waals surface area contributed by atoms with E-state index in [2.05, 4.69) is 5.32 Å². The Bertz CT molecular complexity index is 612. The van der Waals surface area contributed by atoms with E-state index in [0.29, 0.717) is 17.2 Å². The van der Waals surface area contributed by atoms with Crippen molar-refractivity contribution >= 4 is 17.4 Å². The average molecular weight is 269 g/mol. The quantitative estimate of drug-likeness (QED) is 0.576. The van der Waals surface area contributed by atoms with Crippen molar-refractivity contribution in [1.82, 2.24) is 0 Å². The first-order valence-corrected chi connectivity index (χ1v) is 6.10. The topological polar surface area (TPSA) is 88.2 Å². The summed E-state index contributed by atoms with van der Waals surface area (Å²) in [5, 5.41) is 9.79. The maximum Gasteiger partial charge on any atom is 0.232 e. The molecule has 102 valence electrons. The lowest BCUT2D eigenvalue weighted by Crippen LogP contribution is -2.21. The number of benzene rings is 2. The average Bonchev–Trinajstić information content (AvgIpc) is 2.41. The van der Waals surface area contributed by atoms with Crippen LogP contribution in [-0.2, 0) is 4.79 Å². The summed E-state index contributed by atoms with van der Waals surface area (Å²) in [4.78, 5) is 11.6.